The van der Waals surface area contributed by atoms with Gasteiger partial charge in [-0.25, -0.2) is 4.68 Å². The predicted molar refractivity (Wildman–Crippen MR) is 71.0 cm³/mol. The summed E-state index contributed by atoms with van der Waals surface area (Å²) in [5.41, 5.74) is 1.71. The van der Waals surface area contributed by atoms with Crippen LogP contribution in [0.4, 0.5) is 0 Å². The van der Waals surface area contributed by atoms with Gasteiger partial charge in [-0.2, -0.15) is 10.4 Å². The van der Waals surface area contributed by atoms with Gasteiger partial charge in [0.05, 0.1) is 17.0 Å². The van der Waals surface area contributed by atoms with E-state index >= 15 is 0 Å². The minimum atomic E-state index is 0.311. The van der Waals surface area contributed by atoms with Gasteiger partial charge in [-0.1, -0.05) is 23.7 Å². The molecule has 0 saturated heterocycles. The van der Waals surface area contributed by atoms with E-state index < -0.39 is 0 Å². The Kier molecular flexibility index (Phi) is 2.82. The van der Waals surface area contributed by atoms with Crippen molar-refractivity contribution in [3.63, 3.8) is 0 Å². The number of hydrogen-bond donors (Lipinski definition) is 0. The van der Waals surface area contributed by atoms with Crippen molar-refractivity contribution in [2.24, 2.45) is 0 Å². The monoisotopic (exact) mass is 269 g/mol. The van der Waals surface area contributed by atoms with Gasteiger partial charge < -0.3 is 4.42 Å². The molecule has 0 radical (unpaired) electrons. The van der Waals surface area contributed by atoms with Crippen LogP contribution in [0.5, 0.6) is 0 Å². The van der Waals surface area contributed by atoms with Crippen LogP contribution in [0.2, 0.25) is 5.02 Å². The number of furan rings is 1. The minimum Gasteiger partial charge on any atom is -0.463 e. The summed E-state index contributed by atoms with van der Waals surface area (Å²) in [4.78, 5) is 0. The minimum absolute atomic E-state index is 0.311. The van der Waals surface area contributed by atoms with Crippen LogP contribution in [0.1, 0.15) is 5.69 Å². The van der Waals surface area contributed by atoms with E-state index in [1.807, 2.05) is 30.3 Å². The summed E-state index contributed by atoms with van der Waals surface area (Å²) in [6, 6.07) is 14.6. The highest BCUT2D eigenvalue weighted by molar-refractivity contribution is 6.32. The molecule has 3 rings (SSSR count). The lowest BCUT2D eigenvalue weighted by atomic mass is 10.2. The first-order chi connectivity index (χ1) is 9.29. The third kappa shape index (κ3) is 2.01. The molecule has 0 atom stereocenters. The summed E-state index contributed by atoms with van der Waals surface area (Å²) in [5, 5.41) is 13.8. The van der Waals surface area contributed by atoms with E-state index in [0.717, 1.165) is 0 Å². The van der Waals surface area contributed by atoms with Crippen molar-refractivity contribution in [1.29, 1.82) is 5.26 Å². The van der Waals surface area contributed by atoms with Crippen LogP contribution < -0.4 is 0 Å². The molecule has 0 unspecified atom stereocenters. The highest BCUT2D eigenvalue weighted by Gasteiger charge is 2.15. The molecule has 19 heavy (non-hydrogen) atoms. The summed E-state index contributed by atoms with van der Waals surface area (Å²) >= 11 is 6.17. The van der Waals surface area contributed by atoms with Crippen molar-refractivity contribution in [2.75, 3.05) is 0 Å². The molecule has 0 aliphatic heterocycles. The molecule has 2 aromatic heterocycles. The number of aromatic nitrogens is 2. The van der Waals surface area contributed by atoms with Gasteiger partial charge in [-0.05, 0) is 24.3 Å². The lowest BCUT2D eigenvalue weighted by molar-refractivity contribution is 0.577. The average Bonchev–Trinajstić information content (AvgIpc) is 3.08. The molecule has 0 amide bonds. The van der Waals surface area contributed by atoms with Gasteiger partial charge in [-0.15, -0.1) is 0 Å². The largest absolute Gasteiger partial charge is 0.463 e. The molecule has 2 heterocycles. The molecular formula is C14H8ClN3O. The number of benzene rings is 1. The van der Waals surface area contributed by atoms with E-state index in [1.54, 1.807) is 29.1 Å². The van der Waals surface area contributed by atoms with Crippen molar-refractivity contribution in [1.82, 2.24) is 9.78 Å². The standard InChI is InChI=1S/C14H8ClN3O/c15-11-4-1-2-5-12(11)18-13(8-10(9-16)17-18)14-6-3-7-19-14/h1-8H. The van der Waals surface area contributed by atoms with E-state index in [2.05, 4.69) is 5.10 Å². The molecule has 4 nitrogen and oxygen atoms in total. The van der Waals surface area contributed by atoms with Crippen molar-refractivity contribution >= 4 is 11.6 Å². The van der Waals surface area contributed by atoms with Gasteiger partial charge in [0, 0.05) is 6.07 Å². The summed E-state index contributed by atoms with van der Waals surface area (Å²) in [6.07, 6.45) is 1.57. The fraction of sp³-hybridized carbons (Fsp3) is 0. The Morgan fingerprint density at radius 1 is 1.21 bits per heavy atom. The van der Waals surface area contributed by atoms with Gasteiger partial charge in [0.15, 0.2) is 11.5 Å². The summed E-state index contributed by atoms with van der Waals surface area (Å²) in [7, 11) is 0. The maximum Gasteiger partial charge on any atom is 0.163 e. The summed E-state index contributed by atoms with van der Waals surface area (Å²) < 4.78 is 6.98. The van der Waals surface area contributed by atoms with Crippen LogP contribution in [0.3, 0.4) is 0 Å². The number of nitriles is 1. The van der Waals surface area contributed by atoms with E-state index in [9.17, 15) is 0 Å². The van der Waals surface area contributed by atoms with Crippen molar-refractivity contribution in [3.8, 4) is 23.2 Å². The Bertz CT molecular complexity index is 753. The average molecular weight is 270 g/mol. The molecular weight excluding hydrogens is 262 g/mol. The zero-order valence-electron chi connectivity index (χ0n) is 9.75. The first-order valence-electron chi connectivity index (χ1n) is 5.58. The number of rotatable bonds is 2. The first-order valence-corrected chi connectivity index (χ1v) is 5.96. The molecule has 0 aliphatic carbocycles. The molecule has 92 valence electrons. The third-order valence-corrected chi connectivity index (χ3v) is 3.00. The lowest BCUT2D eigenvalue weighted by Gasteiger charge is -2.06. The van der Waals surface area contributed by atoms with Crippen LogP contribution in [0.15, 0.2) is 53.1 Å². The normalized spacial score (nSPS) is 10.3. The molecule has 0 fully saturated rings. The number of para-hydroxylation sites is 1. The van der Waals surface area contributed by atoms with E-state index in [0.29, 0.717) is 27.9 Å². The van der Waals surface area contributed by atoms with Gasteiger partial charge in [-0.3, -0.25) is 0 Å². The van der Waals surface area contributed by atoms with Gasteiger partial charge in [0.2, 0.25) is 0 Å². The molecule has 0 aliphatic rings. The van der Waals surface area contributed by atoms with Crippen LogP contribution >= 0.6 is 11.6 Å². The Morgan fingerprint density at radius 2 is 2.05 bits per heavy atom. The van der Waals surface area contributed by atoms with Crippen molar-refractivity contribution in [3.05, 3.63) is 59.4 Å². The first kappa shape index (κ1) is 11.6. The SMILES string of the molecule is N#Cc1cc(-c2ccco2)n(-c2ccccc2Cl)n1. The van der Waals surface area contributed by atoms with Gasteiger partial charge in [0.25, 0.3) is 0 Å². The van der Waals surface area contributed by atoms with Crippen LogP contribution in [0, 0.1) is 11.3 Å². The molecule has 0 N–H and O–H groups in total. The fourth-order valence-corrected chi connectivity index (χ4v) is 2.06. The lowest BCUT2D eigenvalue weighted by Crippen LogP contribution is -1.99. The quantitative estimate of drug-likeness (QED) is 0.713. The second-order valence-corrected chi connectivity index (χ2v) is 4.27. The fourth-order valence-electron chi connectivity index (χ4n) is 1.84. The Morgan fingerprint density at radius 3 is 2.74 bits per heavy atom. The van der Waals surface area contributed by atoms with Crippen molar-refractivity contribution in [2.45, 2.75) is 0 Å². The van der Waals surface area contributed by atoms with Crippen molar-refractivity contribution < 1.29 is 4.42 Å². The topological polar surface area (TPSA) is 54.8 Å². The molecule has 5 heteroatoms. The summed E-state index contributed by atoms with van der Waals surface area (Å²) in [6.45, 7) is 0. The third-order valence-electron chi connectivity index (χ3n) is 2.68. The van der Waals surface area contributed by atoms with Gasteiger partial charge >= 0.3 is 0 Å². The number of nitrogens with zero attached hydrogens (tertiary/aromatic N) is 3. The predicted octanol–water partition coefficient (Wildman–Crippen LogP) is 3.66. The van der Waals surface area contributed by atoms with Crippen LogP contribution in [-0.4, -0.2) is 9.78 Å². The number of halogens is 1. The zero-order valence-corrected chi connectivity index (χ0v) is 10.5. The smallest absolute Gasteiger partial charge is 0.163 e. The van der Waals surface area contributed by atoms with Crippen LogP contribution in [-0.2, 0) is 0 Å². The zero-order chi connectivity index (χ0) is 13.2. The molecule has 0 bridgehead atoms. The Hall–Kier alpha value is -2.51. The molecule has 1 aromatic carbocycles. The second-order valence-electron chi connectivity index (χ2n) is 3.87. The highest BCUT2D eigenvalue weighted by Crippen LogP contribution is 2.27. The Balaban J connectivity index is 2.24. The summed E-state index contributed by atoms with van der Waals surface area (Å²) in [5.74, 6) is 0.633. The highest BCUT2D eigenvalue weighted by atomic mass is 35.5. The van der Waals surface area contributed by atoms with Gasteiger partial charge in [0.1, 0.15) is 11.8 Å². The van der Waals surface area contributed by atoms with Crippen LogP contribution in [0.25, 0.3) is 17.1 Å². The molecule has 0 spiro atoms. The van der Waals surface area contributed by atoms with E-state index in [-0.39, 0.29) is 0 Å². The second kappa shape index (κ2) is 4.63. The van der Waals surface area contributed by atoms with E-state index in [4.69, 9.17) is 21.3 Å². The molecule has 3 aromatic rings. The maximum atomic E-state index is 9.00. The number of hydrogen-bond acceptors (Lipinski definition) is 3. The van der Waals surface area contributed by atoms with E-state index in [1.165, 1.54) is 0 Å². The molecule has 0 saturated carbocycles. The Labute approximate surface area is 114 Å². The maximum absolute atomic E-state index is 9.00.